The summed E-state index contributed by atoms with van der Waals surface area (Å²) in [6, 6.07) is 9.37. The van der Waals surface area contributed by atoms with E-state index in [9.17, 15) is 0 Å². The van der Waals surface area contributed by atoms with Gasteiger partial charge < -0.3 is 11.1 Å². The average Bonchev–Trinajstić information content (AvgIpc) is 2.22. The third kappa shape index (κ3) is 2.44. The lowest BCUT2D eigenvalue weighted by Gasteiger charge is -2.08. The van der Waals surface area contributed by atoms with Gasteiger partial charge in [0, 0.05) is 10.7 Å². The number of anilines is 3. The maximum atomic E-state index is 5.90. The van der Waals surface area contributed by atoms with Crippen molar-refractivity contribution in [2.45, 2.75) is 6.92 Å². The Morgan fingerprint density at radius 2 is 2.12 bits per heavy atom. The molecule has 0 radical (unpaired) electrons. The number of halogens is 1. The van der Waals surface area contributed by atoms with Gasteiger partial charge in [-0.25, -0.2) is 4.98 Å². The Labute approximate surface area is 99.3 Å². The minimum absolute atomic E-state index is 0.661. The highest BCUT2D eigenvalue weighted by atomic mass is 35.5. The van der Waals surface area contributed by atoms with Gasteiger partial charge in [-0.15, -0.1) is 0 Å². The zero-order valence-corrected chi connectivity index (χ0v) is 9.62. The number of nitrogens with one attached hydrogen (secondary N) is 1. The molecule has 82 valence electrons. The molecule has 0 spiro atoms. The second-order valence-corrected chi connectivity index (χ2v) is 4.01. The fraction of sp³-hybridized carbons (Fsp3) is 0.0833. The Balaban J connectivity index is 2.27. The van der Waals surface area contributed by atoms with Crippen LogP contribution in [0.3, 0.4) is 0 Å². The standard InChI is InChI=1S/C12H12ClN3/c1-8-5-10(14)7-15-12(8)16-11-4-2-3-9(13)6-11/h2-7H,14H2,1H3,(H,15,16). The van der Waals surface area contributed by atoms with E-state index in [4.69, 9.17) is 17.3 Å². The van der Waals surface area contributed by atoms with Crippen molar-refractivity contribution in [1.82, 2.24) is 4.98 Å². The van der Waals surface area contributed by atoms with Crippen molar-refractivity contribution in [2.75, 3.05) is 11.1 Å². The van der Waals surface area contributed by atoms with E-state index in [1.807, 2.05) is 37.3 Å². The van der Waals surface area contributed by atoms with Crippen molar-refractivity contribution in [3.05, 3.63) is 47.1 Å². The van der Waals surface area contributed by atoms with Crippen LogP contribution in [0.2, 0.25) is 5.02 Å². The number of aryl methyl sites for hydroxylation is 1. The van der Waals surface area contributed by atoms with Gasteiger partial charge in [-0.3, -0.25) is 0 Å². The first-order valence-corrected chi connectivity index (χ1v) is 5.27. The molecule has 0 aliphatic carbocycles. The normalized spacial score (nSPS) is 10.1. The summed E-state index contributed by atoms with van der Waals surface area (Å²) in [6.45, 7) is 1.95. The summed E-state index contributed by atoms with van der Waals surface area (Å²) >= 11 is 5.90. The number of aromatic nitrogens is 1. The highest BCUT2D eigenvalue weighted by Gasteiger charge is 2.01. The number of nitrogens with two attached hydrogens (primary N) is 1. The summed E-state index contributed by atoms with van der Waals surface area (Å²) < 4.78 is 0. The zero-order chi connectivity index (χ0) is 11.5. The molecule has 4 heteroatoms. The molecule has 1 heterocycles. The van der Waals surface area contributed by atoms with E-state index >= 15 is 0 Å². The maximum Gasteiger partial charge on any atom is 0.133 e. The Morgan fingerprint density at radius 1 is 1.31 bits per heavy atom. The summed E-state index contributed by atoms with van der Waals surface area (Å²) in [7, 11) is 0. The molecule has 3 N–H and O–H groups in total. The third-order valence-corrected chi connectivity index (χ3v) is 2.42. The van der Waals surface area contributed by atoms with E-state index in [1.165, 1.54) is 0 Å². The van der Waals surface area contributed by atoms with Gasteiger partial charge in [0.2, 0.25) is 0 Å². The first-order valence-electron chi connectivity index (χ1n) is 4.90. The van der Waals surface area contributed by atoms with Crippen molar-refractivity contribution in [1.29, 1.82) is 0 Å². The molecule has 0 aliphatic rings. The van der Waals surface area contributed by atoms with Crippen molar-refractivity contribution in [3.8, 4) is 0 Å². The second kappa shape index (κ2) is 4.41. The Bertz CT molecular complexity index is 511. The van der Waals surface area contributed by atoms with Crippen LogP contribution in [-0.4, -0.2) is 4.98 Å². The van der Waals surface area contributed by atoms with Crippen LogP contribution in [0.5, 0.6) is 0 Å². The van der Waals surface area contributed by atoms with Crippen LogP contribution in [0.25, 0.3) is 0 Å². The maximum absolute atomic E-state index is 5.90. The predicted molar refractivity (Wildman–Crippen MR) is 68.1 cm³/mol. The minimum Gasteiger partial charge on any atom is -0.397 e. The predicted octanol–water partition coefficient (Wildman–Crippen LogP) is 3.37. The van der Waals surface area contributed by atoms with Crippen LogP contribution in [0.1, 0.15) is 5.56 Å². The van der Waals surface area contributed by atoms with Gasteiger partial charge in [-0.2, -0.15) is 0 Å². The first kappa shape index (κ1) is 10.8. The lowest BCUT2D eigenvalue weighted by molar-refractivity contribution is 1.26. The summed E-state index contributed by atoms with van der Waals surface area (Å²) in [6.07, 6.45) is 1.62. The van der Waals surface area contributed by atoms with E-state index in [0.717, 1.165) is 17.1 Å². The molecule has 2 aromatic rings. The van der Waals surface area contributed by atoms with Gasteiger partial charge in [0.15, 0.2) is 0 Å². The molecule has 3 nitrogen and oxygen atoms in total. The van der Waals surface area contributed by atoms with Crippen LogP contribution >= 0.6 is 11.6 Å². The molecular formula is C12H12ClN3. The van der Waals surface area contributed by atoms with E-state index in [0.29, 0.717) is 10.7 Å². The SMILES string of the molecule is Cc1cc(N)cnc1Nc1cccc(Cl)c1. The lowest BCUT2D eigenvalue weighted by atomic mass is 10.2. The van der Waals surface area contributed by atoms with Crippen molar-refractivity contribution >= 4 is 28.8 Å². The Kier molecular flexibility index (Phi) is 2.97. The summed E-state index contributed by atoms with van der Waals surface area (Å²) in [5.74, 6) is 0.788. The number of benzene rings is 1. The van der Waals surface area contributed by atoms with Crippen molar-refractivity contribution in [3.63, 3.8) is 0 Å². The molecule has 1 aromatic heterocycles. The number of nitrogens with zero attached hydrogens (tertiary/aromatic N) is 1. The smallest absolute Gasteiger partial charge is 0.133 e. The fourth-order valence-corrected chi connectivity index (χ4v) is 1.62. The number of hydrogen-bond acceptors (Lipinski definition) is 3. The minimum atomic E-state index is 0.661. The first-order chi connectivity index (χ1) is 7.65. The second-order valence-electron chi connectivity index (χ2n) is 3.57. The van der Waals surface area contributed by atoms with Crippen molar-refractivity contribution in [2.24, 2.45) is 0 Å². The van der Waals surface area contributed by atoms with Gasteiger partial charge in [0.25, 0.3) is 0 Å². The molecule has 0 unspecified atom stereocenters. The van der Waals surface area contributed by atoms with Crippen LogP contribution in [0, 0.1) is 6.92 Å². The molecule has 0 aliphatic heterocycles. The topological polar surface area (TPSA) is 50.9 Å². The van der Waals surface area contributed by atoms with Crippen LogP contribution < -0.4 is 11.1 Å². The molecule has 1 aromatic carbocycles. The van der Waals surface area contributed by atoms with E-state index < -0.39 is 0 Å². The molecule has 0 fully saturated rings. The molecule has 16 heavy (non-hydrogen) atoms. The Morgan fingerprint density at radius 3 is 2.81 bits per heavy atom. The molecule has 0 atom stereocenters. The number of rotatable bonds is 2. The van der Waals surface area contributed by atoms with Gasteiger partial charge in [0.1, 0.15) is 5.82 Å². The quantitative estimate of drug-likeness (QED) is 0.836. The van der Waals surface area contributed by atoms with Crippen LogP contribution in [0.15, 0.2) is 36.5 Å². The van der Waals surface area contributed by atoms with Crippen molar-refractivity contribution < 1.29 is 0 Å². The summed E-state index contributed by atoms with van der Waals surface area (Å²) in [4.78, 5) is 4.22. The van der Waals surface area contributed by atoms with Gasteiger partial charge >= 0.3 is 0 Å². The number of pyridine rings is 1. The summed E-state index contributed by atoms with van der Waals surface area (Å²) in [5.41, 5.74) is 8.20. The highest BCUT2D eigenvalue weighted by molar-refractivity contribution is 6.30. The lowest BCUT2D eigenvalue weighted by Crippen LogP contribution is -1.97. The Hall–Kier alpha value is -1.74. The molecule has 0 saturated carbocycles. The average molecular weight is 234 g/mol. The van der Waals surface area contributed by atoms with E-state index in [-0.39, 0.29) is 0 Å². The fourth-order valence-electron chi connectivity index (χ4n) is 1.43. The molecular weight excluding hydrogens is 222 g/mol. The van der Waals surface area contributed by atoms with Gasteiger partial charge in [0.05, 0.1) is 11.9 Å². The van der Waals surface area contributed by atoms with Crippen LogP contribution in [-0.2, 0) is 0 Å². The molecule has 2 rings (SSSR count). The number of hydrogen-bond donors (Lipinski definition) is 2. The molecule has 0 saturated heterocycles. The molecule has 0 amide bonds. The third-order valence-electron chi connectivity index (χ3n) is 2.19. The monoisotopic (exact) mass is 233 g/mol. The van der Waals surface area contributed by atoms with Gasteiger partial charge in [-0.05, 0) is 36.8 Å². The van der Waals surface area contributed by atoms with E-state index in [1.54, 1.807) is 6.20 Å². The largest absolute Gasteiger partial charge is 0.397 e. The van der Waals surface area contributed by atoms with E-state index in [2.05, 4.69) is 10.3 Å². The number of nitrogen functional groups attached to an aromatic ring is 1. The molecule has 0 bridgehead atoms. The van der Waals surface area contributed by atoms with Crippen LogP contribution in [0.4, 0.5) is 17.2 Å². The highest BCUT2D eigenvalue weighted by Crippen LogP contribution is 2.21. The summed E-state index contributed by atoms with van der Waals surface area (Å²) in [5, 5.41) is 3.88. The van der Waals surface area contributed by atoms with Gasteiger partial charge in [-0.1, -0.05) is 17.7 Å². The zero-order valence-electron chi connectivity index (χ0n) is 8.87.